The van der Waals surface area contributed by atoms with Crippen molar-refractivity contribution in [2.24, 2.45) is 0 Å². The van der Waals surface area contributed by atoms with E-state index in [0.717, 1.165) is 17.1 Å². The first-order chi connectivity index (χ1) is 6.13. The molecular formula is C10H13ClN2. The van der Waals surface area contributed by atoms with Crippen LogP contribution in [-0.2, 0) is 0 Å². The van der Waals surface area contributed by atoms with Gasteiger partial charge in [0.15, 0.2) is 0 Å². The van der Waals surface area contributed by atoms with E-state index in [0.29, 0.717) is 5.02 Å². The van der Waals surface area contributed by atoms with Gasteiger partial charge >= 0.3 is 0 Å². The standard InChI is InChI=1S/C10H13ClN2/c1-7(2)13-10-5-4-8(12-3)6-9(10)11/h4-6,12-13H,1H2,2-3H3. The largest absolute Gasteiger partial charge is 0.388 e. The predicted octanol–water partition coefficient (Wildman–Crippen LogP) is 3.33. The molecule has 0 heterocycles. The van der Waals surface area contributed by atoms with E-state index >= 15 is 0 Å². The minimum Gasteiger partial charge on any atom is -0.388 e. The van der Waals surface area contributed by atoms with Crippen LogP contribution in [0, 0.1) is 0 Å². The first kappa shape index (κ1) is 9.93. The molecule has 0 aliphatic carbocycles. The SMILES string of the molecule is C=C(C)Nc1ccc(NC)cc1Cl. The summed E-state index contributed by atoms with van der Waals surface area (Å²) in [4.78, 5) is 0. The summed E-state index contributed by atoms with van der Waals surface area (Å²) in [5.41, 5.74) is 2.75. The summed E-state index contributed by atoms with van der Waals surface area (Å²) >= 11 is 6.01. The Morgan fingerprint density at radius 3 is 2.62 bits per heavy atom. The maximum Gasteiger partial charge on any atom is 0.0661 e. The minimum atomic E-state index is 0.690. The molecule has 0 amide bonds. The van der Waals surface area contributed by atoms with Gasteiger partial charge in [-0.1, -0.05) is 18.2 Å². The first-order valence-electron chi connectivity index (χ1n) is 4.03. The fourth-order valence-corrected chi connectivity index (χ4v) is 1.23. The molecule has 0 saturated heterocycles. The van der Waals surface area contributed by atoms with Crippen molar-refractivity contribution >= 4 is 23.0 Å². The van der Waals surface area contributed by atoms with Crippen LogP contribution in [0.1, 0.15) is 6.92 Å². The van der Waals surface area contributed by atoms with Gasteiger partial charge in [0.1, 0.15) is 0 Å². The molecule has 0 bridgehead atoms. The topological polar surface area (TPSA) is 24.1 Å². The van der Waals surface area contributed by atoms with Crippen LogP contribution < -0.4 is 10.6 Å². The van der Waals surface area contributed by atoms with Gasteiger partial charge in [0.2, 0.25) is 0 Å². The maximum absolute atomic E-state index is 6.01. The van der Waals surface area contributed by atoms with Gasteiger partial charge in [0.25, 0.3) is 0 Å². The van der Waals surface area contributed by atoms with Crippen molar-refractivity contribution in [3.63, 3.8) is 0 Å². The smallest absolute Gasteiger partial charge is 0.0661 e. The maximum atomic E-state index is 6.01. The first-order valence-corrected chi connectivity index (χ1v) is 4.41. The van der Waals surface area contributed by atoms with Crippen LogP contribution in [0.15, 0.2) is 30.5 Å². The summed E-state index contributed by atoms with van der Waals surface area (Å²) in [6.45, 7) is 5.64. The Bertz CT molecular complexity index is 321. The molecule has 0 spiro atoms. The Labute approximate surface area is 83.6 Å². The third-order valence-electron chi connectivity index (χ3n) is 1.61. The molecule has 70 valence electrons. The number of hydrogen-bond donors (Lipinski definition) is 2. The zero-order chi connectivity index (χ0) is 9.84. The van der Waals surface area contributed by atoms with E-state index in [1.807, 2.05) is 32.2 Å². The van der Waals surface area contributed by atoms with Crippen LogP contribution >= 0.6 is 11.6 Å². The number of rotatable bonds is 3. The average Bonchev–Trinajstić information content (AvgIpc) is 2.08. The van der Waals surface area contributed by atoms with Crippen LogP contribution in [0.5, 0.6) is 0 Å². The summed E-state index contributed by atoms with van der Waals surface area (Å²) < 4.78 is 0. The molecule has 0 atom stereocenters. The van der Waals surface area contributed by atoms with Gasteiger partial charge in [0.05, 0.1) is 10.7 Å². The second-order valence-electron chi connectivity index (χ2n) is 2.85. The van der Waals surface area contributed by atoms with Crippen molar-refractivity contribution in [1.82, 2.24) is 0 Å². The van der Waals surface area contributed by atoms with Crippen molar-refractivity contribution in [3.05, 3.63) is 35.5 Å². The highest BCUT2D eigenvalue weighted by Crippen LogP contribution is 2.25. The van der Waals surface area contributed by atoms with E-state index < -0.39 is 0 Å². The molecule has 2 N–H and O–H groups in total. The summed E-state index contributed by atoms with van der Waals surface area (Å²) in [6, 6.07) is 5.74. The Balaban J connectivity index is 2.91. The highest BCUT2D eigenvalue weighted by atomic mass is 35.5. The van der Waals surface area contributed by atoms with Gasteiger partial charge in [-0.25, -0.2) is 0 Å². The van der Waals surface area contributed by atoms with E-state index in [1.54, 1.807) is 0 Å². The summed E-state index contributed by atoms with van der Waals surface area (Å²) in [6.07, 6.45) is 0. The van der Waals surface area contributed by atoms with E-state index in [1.165, 1.54) is 0 Å². The van der Waals surface area contributed by atoms with Gasteiger partial charge in [-0.2, -0.15) is 0 Å². The van der Waals surface area contributed by atoms with Gasteiger partial charge in [-0.15, -0.1) is 0 Å². The van der Waals surface area contributed by atoms with Gasteiger partial charge in [-0.3, -0.25) is 0 Å². The summed E-state index contributed by atoms with van der Waals surface area (Å²) in [5, 5.41) is 6.77. The molecule has 0 aliphatic rings. The summed E-state index contributed by atoms with van der Waals surface area (Å²) in [5.74, 6) is 0. The molecule has 0 radical (unpaired) electrons. The zero-order valence-electron chi connectivity index (χ0n) is 7.82. The Morgan fingerprint density at radius 1 is 1.46 bits per heavy atom. The number of benzene rings is 1. The molecule has 0 aliphatic heterocycles. The molecule has 3 heteroatoms. The molecule has 1 aromatic carbocycles. The van der Waals surface area contributed by atoms with E-state index in [9.17, 15) is 0 Å². The molecule has 2 nitrogen and oxygen atoms in total. The highest BCUT2D eigenvalue weighted by Gasteiger charge is 1.99. The van der Waals surface area contributed by atoms with Crippen LogP contribution in [0.25, 0.3) is 0 Å². The van der Waals surface area contributed by atoms with Gasteiger partial charge < -0.3 is 10.6 Å². The predicted molar refractivity (Wildman–Crippen MR) is 59.4 cm³/mol. The van der Waals surface area contributed by atoms with E-state index in [-0.39, 0.29) is 0 Å². The molecule has 1 rings (SSSR count). The van der Waals surface area contributed by atoms with Crippen molar-refractivity contribution in [2.75, 3.05) is 17.7 Å². The lowest BCUT2D eigenvalue weighted by atomic mass is 10.2. The third-order valence-corrected chi connectivity index (χ3v) is 1.92. The minimum absolute atomic E-state index is 0.690. The lowest BCUT2D eigenvalue weighted by Gasteiger charge is -2.08. The second kappa shape index (κ2) is 4.19. The Morgan fingerprint density at radius 2 is 2.15 bits per heavy atom. The van der Waals surface area contributed by atoms with E-state index in [4.69, 9.17) is 11.6 Å². The zero-order valence-corrected chi connectivity index (χ0v) is 8.57. The monoisotopic (exact) mass is 196 g/mol. The second-order valence-corrected chi connectivity index (χ2v) is 3.26. The fourth-order valence-electron chi connectivity index (χ4n) is 1.00. The number of hydrogen-bond acceptors (Lipinski definition) is 2. The molecule has 0 aromatic heterocycles. The third kappa shape index (κ3) is 2.67. The molecule has 13 heavy (non-hydrogen) atoms. The molecule has 1 aromatic rings. The van der Waals surface area contributed by atoms with Crippen LogP contribution in [-0.4, -0.2) is 7.05 Å². The lowest BCUT2D eigenvalue weighted by Crippen LogP contribution is -1.95. The quantitative estimate of drug-likeness (QED) is 0.775. The van der Waals surface area contributed by atoms with E-state index in [2.05, 4.69) is 17.2 Å². The van der Waals surface area contributed by atoms with Gasteiger partial charge in [-0.05, 0) is 25.1 Å². The highest BCUT2D eigenvalue weighted by molar-refractivity contribution is 6.33. The van der Waals surface area contributed by atoms with Crippen molar-refractivity contribution in [1.29, 1.82) is 0 Å². The fraction of sp³-hybridized carbons (Fsp3) is 0.200. The molecular weight excluding hydrogens is 184 g/mol. The van der Waals surface area contributed by atoms with Crippen LogP contribution in [0.2, 0.25) is 5.02 Å². The molecule has 0 unspecified atom stereocenters. The van der Waals surface area contributed by atoms with Crippen molar-refractivity contribution in [3.8, 4) is 0 Å². The number of allylic oxidation sites excluding steroid dienone is 1. The summed E-state index contributed by atoms with van der Waals surface area (Å²) in [7, 11) is 1.86. The number of nitrogens with one attached hydrogen (secondary N) is 2. The Kier molecular flexibility index (Phi) is 3.20. The van der Waals surface area contributed by atoms with Crippen molar-refractivity contribution < 1.29 is 0 Å². The lowest BCUT2D eigenvalue weighted by molar-refractivity contribution is 1.39. The van der Waals surface area contributed by atoms with Gasteiger partial charge in [0, 0.05) is 18.4 Å². The van der Waals surface area contributed by atoms with Crippen LogP contribution in [0.3, 0.4) is 0 Å². The van der Waals surface area contributed by atoms with Crippen molar-refractivity contribution in [2.45, 2.75) is 6.92 Å². The number of anilines is 2. The average molecular weight is 197 g/mol. The molecule has 0 saturated carbocycles. The Hall–Kier alpha value is -1.15. The van der Waals surface area contributed by atoms with Crippen LogP contribution in [0.4, 0.5) is 11.4 Å². The number of halogens is 1. The normalized spacial score (nSPS) is 9.46. The molecule has 0 fully saturated rings.